The van der Waals surface area contributed by atoms with Crippen LogP contribution in [0, 0.1) is 11.8 Å². The molecule has 5 atom stereocenters. The van der Waals surface area contributed by atoms with Gasteiger partial charge in [0.05, 0.1) is 39.1 Å². The minimum atomic E-state index is -1.44. The van der Waals surface area contributed by atoms with Gasteiger partial charge < -0.3 is 50.8 Å². The van der Waals surface area contributed by atoms with Crippen LogP contribution in [0.15, 0.2) is 67.8 Å². The Labute approximate surface area is 577 Å². The highest BCUT2D eigenvalue weighted by molar-refractivity contribution is 8.13. The number of fused-ring (bicyclic) bond motifs is 1. The molecule has 0 radical (unpaired) electrons. The first-order chi connectivity index (χ1) is 45.4. The predicted molar refractivity (Wildman–Crippen MR) is 381 cm³/mol. The van der Waals surface area contributed by atoms with E-state index in [0.717, 1.165) is 51.0 Å². The van der Waals surface area contributed by atoms with E-state index in [1.807, 2.05) is 0 Å². The van der Waals surface area contributed by atoms with Crippen LogP contribution in [-0.2, 0) is 66.9 Å². The molecule has 28 heteroatoms. The largest absolute Gasteiger partial charge is 0.466 e. The Kier molecular flexibility index (Phi) is 40.9. The molecule has 536 valence electrons. The average molecular weight is 1400 g/mol. The van der Waals surface area contributed by atoms with Gasteiger partial charge >= 0.3 is 24.0 Å². The van der Waals surface area contributed by atoms with Crippen LogP contribution in [0.4, 0.5) is 4.79 Å². The number of nitrogens with one attached hydrogen (secondary N) is 6. The molecular formula is C68H108N10O15S2Si. The summed E-state index contributed by atoms with van der Waals surface area (Å²) in [5, 5.41) is 15.8. The minimum absolute atomic E-state index is 0.00275. The predicted octanol–water partition coefficient (Wildman–Crippen LogP) is 9.27. The number of amidine groups is 2. The van der Waals surface area contributed by atoms with Crippen molar-refractivity contribution < 1.29 is 71.7 Å². The molecule has 96 heavy (non-hydrogen) atoms. The summed E-state index contributed by atoms with van der Waals surface area (Å²) < 4.78 is 22.1. The van der Waals surface area contributed by atoms with Crippen LogP contribution in [0.1, 0.15) is 179 Å². The summed E-state index contributed by atoms with van der Waals surface area (Å²) in [4.78, 5) is 157. The van der Waals surface area contributed by atoms with Gasteiger partial charge in [-0.05, 0) is 90.3 Å². The van der Waals surface area contributed by atoms with E-state index in [-0.39, 0.29) is 84.0 Å². The Hall–Kier alpha value is -7.07. The zero-order valence-electron chi connectivity index (χ0n) is 59.1. The second-order valence-electron chi connectivity index (χ2n) is 26.0. The highest BCUT2D eigenvalue weighted by atomic mass is 32.2. The number of carbonyl (C=O) groups excluding carboxylic acids is 11. The van der Waals surface area contributed by atoms with Gasteiger partial charge in [-0.25, -0.2) is 29.4 Å². The Morgan fingerprint density at radius 3 is 2.04 bits per heavy atom. The lowest BCUT2D eigenvalue weighted by molar-refractivity contribution is -0.156. The molecule has 0 aromatic heterocycles. The summed E-state index contributed by atoms with van der Waals surface area (Å²) in [7, 11) is -1.44. The molecule has 3 heterocycles. The van der Waals surface area contributed by atoms with Crippen molar-refractivity contribution in [1.29, 1.82) is 0 Å². The fraction of sp³-hybridized carbons (Fsp3) is 0.662. The van der Waals surface area contributed by atoms with Crippen molar-refractivity contribution in [2.24, 2.45) is 31.8 Å². The maximum absolute atomic E-state index is 13.5. The molecule has 0 aliphatic carbocycles. The fourth-order valence-corrected chi connectivity index (χ4v) is 11.0. The first-order valence-electron chi connectivity index (χ1n) is 33.6. The quantitative estimate of drug-likeness (QED) is 0.00859. The zero-order valence-corrected chi connectivity index (χ0v) is 61.7. The van der Waals surface area contributed by atoms with Gasteiger partial charge in [-0.1, -0.05) is 160 Å². The van der Waals surface area contributed by atoms with Gasteiger partial charge in [-0.15, -0.1) is 0 Å². The lowest BCUT2D eigenvalue weighted by Crippen LogP contribution is -2.49. The first kappa shape index (κ1) is 85.0. The number of alkyl carbamates (subject to hydrolysis) is 1. The minimum Gasteiger partial charge on any atom is -0.466 e. The van der Waals surface area contributed by atoms with Gasteiger partial charge in [-0.2, -0.15) is 0 Å². The molecule has 6 N–H and O–H groups in total. The molecule has 0 aromatic rings. The van der Waals surface area contributed by atoms with Crippen LogP contribution < -0.4 is 31.9 Å². The molecule has 0 saturated heterocycles. The van der Waals surface area contributed by atoms with Crippen molar-refractivity contribution in [2.75, 3.05) is 37.7 Å². The fourth-order valence-electron chi connectivity index (χ4n) is 8.77. The molecule has 0 spiro atoms. The van der Waals surface area contributed by atoms with Gasteiger partial charge in [0.1, 0.15) is 58.7 Å². The van der Waals surface area contributed by atoms with Crippen LogP contribution in [-0.4, -0.2) is 169 Å². The Morgan fingerprint density at radius 2 is 1.47 bits per heavy atom. The maximum atomic E-state index is 13.5. The highest BCUT2D eigenvalue weighted by Gasteiger charge is 2.33. The summed E-state index contributed by atoms with van der Waals surface area (Å²) in [5.74, 6) is -4.15. The second-order valence-corrected chi connectivity index (χ2v) is 33.9. The van der Waals surface area contributed by atoms with Crippen molar-refractivity contribution >= 4 is 119 Å². The van der Waals surface area contributed by atoms with E-state index in [9.17, 15) is 52.7 Å². The molecule has 0 fully saturated rings. The first-order valence-corrected chi connectivity index (χ1v) is 39.3. The highest BCUT2D eigenvalue weighted by Crippen LogP contribution is 2.19. The van der Waals surface area contributed by atoms with E-state index >= 15 is 0 Å². The van der Waals surface area contributed by atoms with E-state index in [0.29, 0.717) is 37.2 Å². The lowest BCUT2D eigenvalue weighted by atomic mass is 10.0. The Bertz CT molecular complexity index is 2870. The molecule has 25 nitrogen and oxygen atoms in total. The standard InChI is InChI=1S/C39H65N5O9SSi.C29H43N5O6S/c1-11-13-14-15-16-20-33(46)54-22-18-17-19-28(24-32(45)51-21-23-55(8,9)10)52-37(49)34(27(3)4)44-35(47)29(12-2)43-36(48)30-25-40-31(42-30)26-41-38(50)53-39(5,6)7;1-5-7-8-9-10-14-25(36)41-15-12-11-13-20-16-24(35)31-18-23-30-17-22(32-23)28(38)33-21(6-2)27(37)34-26(19(3)4)29(39)40-20/h12,17,19,25,27-28,30,34H,11,13-16,18,20-24,26H2,1-10H3,(H,41,50)(H,43,48)(H,44,47);6,11,13,19-20,26H,5,7-10,12,14-18H2,1-4H3,(H,31,35)(H,33,38)(H,34,37)/b19-17+,29-12-;13-11+,21-6-/t28-,30?,34+;20-,26+/m11/s1. The number of hydrogen-bond donors (Lipinski definition) is 6. The summed E-state index contributed by atoms with van der Waals surface area (Å²) >= 11 is 2.55. The topological polar surface area (TPSA) is 346 Å². The molecule has 6 amide bonds. The summed E-state index contributed by atoms with van der Waals surface area (Å²) in [6.07, 6.45) is 21.1. The number of nitrogens with zero attached hydrogens (tertiary/aromatic N) is 4. The van der Waals surface area contributed by atoms with Crippen LogP contribution in [0.2, 0.25) is 25.7 Å². The van der Waals surface area contributed by atoms with Gasteiger partial charge in [0.25, 0.3) is 23.6 Å². The van der Waals surface area contributed by atoms with Gasteiger partial charge in [0, 0.05) is 38.6 Å². The van der Waals surface area contributed by atoms with Crippen LogP contribution in [0.25, 0.3) is 0 Å². The Balaban J connectivity index is 0.000000681. The summed E-state index contributed by atoms with van der Waals surface area (Å²) in [6, 6.07) is -2.40. The molecule has 0 aromatic carbocycles. The van der Waals surface area contributed by atoms with Crippen molar-refractivity contribution in [3.8, 4) is 0 Å². The smallest absolute Gasteiger partial charge is 0.408 e. The number of rotatable bonds is 35. The number of amides is 6. The third kappa shape index (κ3) is 37.4. The monoisotopic (exact) mass is 1400 g/mol. The molecule has 3 aliphatic rings. The molecular weight excluding hydrogens is 1290 g/mol. The number of ether oxygens (including phenoxy) is 4. The van der Waals surface area contributed by atoms with E-state index in [1.54, 1.807) is 86.6 Å². The summed E-state index contributed by atoms with van der Waals surface area (Å²) in [5.41, 5.74) is -0.726. The van der Waals surface area contributed by atoms with Crippen LogP contribution in [0.3, 0.4) is 0 Å². The number of thioether (sulfide) groups is 2. The maximum Gasteiger partial charge on any atom is 0.408 e. The third-order valence-corrected chi connectivity index (χ3v) is 17.9. The summed E-state index contributed by atoms with van der Waals surface area (Å²) in [6.45, 7) is 26.4. The molecule has 2 bridgehead atoms. The van der Waals surface area contributed by atoms with E-state index < -0.39 is 103 Å². The van der Waals surface area contributed by atoms with E-state index in [4.69, 9.17) is 18.9 Å². The van der Waals surface area contributed by atoms with Crippen molar-refractivity contribution in [3.05, 3.63) is 47.9 Å². The number of esters is 3. The molecule has 3 aliphatic heterocycles. The lowest BCUT2D eigenvalue weighted by Gasteiger charge is -2.24. The van der Waals surface area contributed by atoms with Crippen molar-refractivity contribution in [1.82, 2.24) is 31.9 Å². The number of cyclic esters (lactones) is 1. The Morgan fingerprint density at radius 1 is 0.844 bits per heavy atom. The van der Waals surface area contributed by atoms with Crippen molar-refractivity contribution in [2.45, 2.75) is 241 Å². The van der Waals surface area contributed by atoms with E-state index in [2.05, 4.69) is 85.4 Å². The zero-order chi connectivity index (χ0) is 71.8. The normalized spacial score (nSPS) is 18.3. The number of allylic oxidation sites excluding steroid dienone is 4. The van der Waals surface area contributed by atoms with Crippen molar-refractivity contribution in [3.63, 3.8) is 0 Å². The van der Waals surface area contributed by atoms with Gasteiger partial charge in [-0.3, -0.25) is 43.3 Å². The second kappa shape index (κ2) is 46.2. The van der Waals surface area contributed by atoms with Gasteiger partial charge in [0.2, 0.25) is 5.91 Å². The average Bonchev–Trinajstić information content (AvgIpc) is 1.54. The SMILES string of the molecule is C/C=C(\NC(=O)C1C=NC(CNC(=O)OC(C)(C)C)=N1)C(=O)N[C@H](C(=O)O[C@H](/C=C/CCSC(=O)CCCCCCC)CC(=O)OCC[Si](C)(C)C)C(C)C.C/C=C1\NC(=O)C2=NC(=NC2)CNC(=O)C[C@@H](/C=C/CCSC(=O)CCCCCCC)OC(=O)[C@H](C(C)C)NC1=O. The molecule has 0 saturated carbocycles. The van der Waals surface area contributed by atoms with Gasteiger partial charge in [0.15, 0.2) is 16.3 Å². The van der Waals surface area contributed by atoms with E-state index in [1.165, 1.54) is 61.2 Å². The number of aliphatic imine (C=N–C) groups is 4. The number of unbranched alkanes of at least 4 members (excludes halogenated alkanes) is 8. The number of hydrogen-bond acceptors (Lipinski definition) is 21. The third-order valence-electron chi connectivity index (χ3n) is 14.2. The van der Waals surface area contributed by atoms with Crippen LogP contribution in [0.5, 0.6) is 0 Å². The van der Waals surface area contributed by atoms with Crippen LogP contribution >= 0.6 is 23.5 Å². The molecule has 3 rings (SSSR count). The number of carbonyl (C=O) groups is 11. The molecule has 1 unspecified atom stereocenters.